The number of hydrogen-bond acceptors (Lipinski definition) is 7. The number of carbonyl (C=O) groups is 1. The quantitative estimate of drug-likeness (QED) is 0.350. The molecule has 0 bridgehead atoms. The van der Waals surface area contributed by atoms with Crippen LogP contribution in [0.1, 0.15) is 12.8 Å². The van der Waals surface area contributed by atoms with Crippen LogP contribution in [-0.2, 0) is 0 Å². The molecule has 0 atom stereocenters. The molecule has 178 valence electrons. The summed E-state index contributed by atoms with van der Waals surface area (Å²) in [7, 11) is 0. The first-order valence-electron chi connectivity index (χ1n) is 11.4. The Balaban J connectivity index is 1.16. The molecule has 9 heteroatoms. The van der Waals surface area contributed by atoms with Gasteiger partial charge in [-0.3, -0.25) is 4.57 Å². The molecule has 3 heterocycles. The predicted molar refractivity (Wildman–Crippen MR) is 134 cm³/mol. The van der Waals surface area contributed by atoms with Crippen LogP contribution in [0.5, 0.6) is 11.6 Å². The lowest BCUT2D eigenvalue weighted by atomic mass is 10.1. The SMILES string of the molecule is CSc1ccc(OC(=O)N2CCC(Oc3cc(-n4cnc(-c5ccccc5)c4)ncn3)CC2)cc1. The number of ether oxygens (including phenoxy) is 2. The maximum Gasteiger partial charge on any atom is 0.415 e. The maximum absolute atomic E-state index is 12.5. The fraction of sp³-hybridized carbons (Fsp3) is 0.231. The maximum atomic E-state index is 12.5. The average molecular weight is 488 g/mol. The van der Waals surface area contributed by atoms with E-state index in [1.54, 1.807) is 29.1 Å². The second kappa shape index (κ2) is 10.6. The highest BCUT2D eigenvalue weighted by Crippen LogP contribution is 2.23. The van der Waals surface area contributed by atoms with Crippen LogP contribution in [0, 0.1) is 0 Å². The van der Waals surface area contributed by atoms with Crippen molar-refractivity contribution in [2.75, 3.05) is 19.3 Å². The zero-order valence-corrected chi connectivity index (χ0v) is 20.1. The monoisotopic (exact) mass is 487 g/mol. The Hall–Kier alpha value is -3.85. The van der Waals surface area contributed by atoms with Gasteiger partial charge in [0.2, 0.25) is 5.88 Å². The van der Waals surface area contributed by atoms with Crippen molar-refractivity contribution in [3.05, 3.63) is 79.5 Å². The summed E-state index contributed by atoms with van der Waals surface area (Å²) in [5.74, 6) is 1.73. The molecule has 1 amide bonds. The number of nitrogens with zero attached hydrogens (tertiary/aromatic N) is 5. The number of piperidine rings is 1. The van der Waals surface area contributed by atoms with Gasteiger partial charge >= 0.3 is 6.09 Å². The minimum absolute atomic E-state index is 0.0367. The van der Waals surface area contributed by atoms with Crippen LogP contribution >= 0.6 is 11.8 Å². The van der Waals surface area contributed by atoms with E-state index in [2.05, 4.69) is 15.0 Å². The number of hydrogen-bond donors (Lipinski definition) is 0. The third-order valence-electron chi connectivity index (χ3n) is 5.80. The number of rotatable bonds is 6. The fourth-order valence-corrected chi connectivity index (χ4v) is 4.29. The van der Waals surface area contributed by atoms with E-state index in [9.17, 15) is 4.79 Å². The number of imidazole rings is 1. The minimum atomic E-state index is -0.334. The Kier molecular flexibility index (Phi) is 6.94. The lowest BCUT2D eigenvalue weighted by Crippen LogP contribution is -2.43. The van der Waals surface area contributed by atoms with E-state index in [1.807, 2.05) is 71.6 Å². The van der Waals surface area contributed by atoms with Crippen molar-refractivity contribution < 1.29 is 14.3 Å². The lowest BCUT2D eigenvalue weighted by molar-refractivity contribution is 0.0904. The van der Waals surface area contributed by atoms with Crippen LogP contribution in [0.2, 0.25) is 0 Å². The van der Waals surface area contributed by atoms with Gasteiger partial charge in [-0.25, -0.2) is 19.7 Å². The number of likely N-dealkylation sites (tertiary alicyclic amines) is 1. The second-order valence-corrected chi connectivity index (χ2v) is 8.97. The van der Waals surface area contributed by atoms with Gasteiger partial charge in [0, 0.05) is 48.7 Å². The standard InChI is InChI=1S/C26H25N5O3S/c1-35-22-9-7-20(8-10-22)34-26(32)30-13-11-21(12-14-30)33-25-15-24(27-17-28-25)31-16-23(29-18-31)19-5-3-2-4-6-19/h2-10,15-18,21H,11-14H2,1H3. The molecular formula is C26H25N5O3S. The van der Waals surface area contributed by atoms with Gasteiger partial charge in [0.15, 0.2) is 0 Å². The van der Waals surface area contributed by atoms with E-state index < -0.39 is 0 Å². The normalized spacial score (nSPS) is 14.0. The highest BCUT2D eigenvalue weighted by atomic mass is 32.2. The summed E-state index contributed by atoms with van der Waals surface area (Å²) in [6, 6.07) is 19.3. The van der Waals surface area contributed by atoms with Crippen molar-refractivity contribution >= 4 is 17.9 Å². The van der Waals surface area contributed by atoms with Gasteiger partial charge in [0.25, 0.3) is 0 Å². The number of benzene rings is 2. The summed E-state index contributed by atoms with van der Waals surface area (Å²) >= 11 is 1.65. The summed E-state index contributed by atoms with van der Waals surface area (Å²) in [6.45, 7) is 1.12. The smallest absolute Gasteiger partial charge is 0.415 e. The molecule has 1 aliphatic rings. The van der Waals surface area contributed by atoms with E-state index in [0.29, 0.717) is 43.4 Å². The summed E-state index contributed by atoms with van der Waals surface area (Å²) < 4.78 is 13.5. The number of amides is 1. The molecule has 0 aliphatic carbocycles. The van der Waals surface area contributed by atoms with Crippen molar-refractivity contribution in [1.82, 2.24) is 24.4 Å². The van der Waals surface area contributed by atoms with Crippen LogP contribution < -0.4 is 9.47 Å². The molecule has 4 aromatic rings. The average Bonchev–Trinajstić information content (AvgIpc) is 3.41. The molecule has 1 fully saturated rings. The third kappa shape index (κ3) is 5.63. The van der Waals surface area contributed by atoms with E-state index in [-0.39, 0.29) is 12.2 Å². The number of aromatic nitrogens is 4. The van der Waals surface area contributed by atoms with Crippen molar-refractivity contribution in [2.24, 2.45) is 0 Å². The van der Waals surface area contributed by atoms with Crippen LogP contribution in [0.4, 0.5) is 4.79 Å². The largest absolute Gasteiger partial charge is 0.474 e. The zero-order chi connectivity index (χ0) is 24.0. The first-order chi connectivity index (χ1) is 17.2. The Morgan fingerprint density at radius 2 is 1.77 bits per heavy atom. The van der Waals surface area contributed by atoms with Crippen LogP contribution in [0.15, 0.2) is 84.4 Å². The Labute approximate surface area is 208 Å². The molecule has 2 aromatic heterocycles. The molecular weight excluding hydrogens is 462 g/mol. The molecule has 1 saturated heterocycles. The second-order valence-electron chi connectivity index (χ2n) is 8.09. The Bertz CT molecular complexity index is 1270. The summed E-state index contributed by atoms with van der Waals surface area (Å²) in [4.78, 5) is 28.5. The summed E-state index contributed by atoms with van der Waals surface area (Å²) in [6.07, 6.45) is 8.18. The van der Waals surface area contributed by atoms with Crippen molar-refractivity contribution in [1.29, 1.82) is 0 Å². The molecule has 0 spiro atoms. The van der Waals surface area contributed by atoms with Gasteiger partial charge in [-0.1, -0.05) is 30.3 Å². The van der Waals surface area contributed by atoms with Crippen molar-refractivity contribution in [3.63, 3.8) is 0 Å². The van der Waals surface area contributed by atoms with E-state index >= 15 is 0 Å². The van der Waals surface area contributed by atoms with Crippen LogP contribution in [-0.4, -0.2) is 56.0 Å². The molecule has 8 nitrogen and oxygen atoms in total. The summed E-state index contributed by atoms with van der Waals surface area (Å²) in [5.41, 5.74) is 1.91. The Morgan fingerprint density at radius 3 is 2.51 bits per heavy atom. The molecule has 0 saturated carbocycles. The molecule has 2 aromatic carbocycles. The number of thioether (sulfide) groups is 1. The molecule has 5 rings (SSSR count). The zero-order valence-electron chi connectivity index (χ0n) is 19.3. The molecule has 0 unspecified atom stereocenters. The van der Waals surface area contributed by atoms with E-state index in [0.717, 1.165) is 16.2 Å². The topological polar surface area (TPSA) is 82.4 Å². The molecule has 0 radical (unpaired) electrons. The van der Waals surface area contributed by atoms with Crippen molar-refractivity contribution in [3.8, 4) is 28.7 Å². The van der Waals surface area contributed by atoms with Gasteiger partial charge in [-0.15, -0.1) is 11.8 Å². The first-order valence-corrected chi connectivity index (χ1v) is 12.6. The minimum Gasteiger partial charge on any atom is -0.474 e. The van der Waals surface area contributed by atoms with Gasteiger partial charge < -0.3 is 14.4 Å². The molecule has 1 aliphatic heterocycles. The first kappa shape index (κ1) is 22.9. The van der Waals surface area contributed by atoms with Crippen molar-refractivity contribution in [2.45, 2.75) is 23.8 Å². The Morgan fingerprint density at radius 1 is 1.00 bits per heavy atom. The molecule has 35 heavy (non-hydrogen) atoms. The van der Waals surface area contributed by atoms with Gasteiger partial charge in [0.05, 0.1) is 5.69 Å². The van der Waals surface area contributed by atoms with Crippen LogP contribution in [0.3, 0.4) is 0 Å². The highest BCUT2D eigenvalue weighted by Gasteiger charge is 2.25. The predicted octanol–water partition coefficient (Wildman–Crippen LogP) is 5.09. The third-order valence-corrected chi connectivity index (χ3v) is 6.54. The van der Waals surface area contributed by atoms with Gasteiger partial charge in [-0.05, 0) is 30.5 Å². The molecule has 0 N–H and O–H groups in total. The lowest BCUT2D eigenvalue weighted by Gasteiger charge is -2.31. The summed E-state index contributed by atoms with van der Waals surface area (Å²) in [5, 5.41) is 0. The highest BCUT2D eigenvalue weighted by molar-refractivity contribution is 7.98. The van der Waals surface area contributed by atoms with Gasteiger partial charge in [-0.2, -0.15) is 0 Å². The fourth-order valence-electron chi connectivity index (χ4n) is 3.88. The van der Waals surface area contributed by atoms with E-state index in [4.69, 9.17) is 9.47 Å². The van der Waals surface area contributed by atoms with E-state index in [1.165, 1.54) is 6.33 Å². The van der Waals surface area contributed by atoms with Crippen LogP contribution in [0.25, 0.3) is 17.1 Å². The van der Waals surface area contributed by atoms with Gasteiger partial charge in [0.1, 0.15) is 30.3 Å². The number of carbonyl (C=O) groups excluding carboxylic acids is 1.